The van der Waals surface area contributed by atoms with Crippen molar-refractivity contribution >= 4 is 12.0 Å². The molecular weight excluding hydrogens is 336 g/mol. The maximum absolute atomic E-state index is 12.3. The molecule has 0 bridgehead atoms. The van der Waals surface area contributed by atoms with Gasteiger partial charge in [-0.05, 0) is 36.6 Å². The SMILES string of the molecule is C=C/C(=C\C=C/C)[C@H]1CC1NC(=O)/C=C/c1cnccc1-c1cnn(C)c1. The largest absolute Gasteiger partial charge is 0.349 e. The Morgan fingerprint density at radius 1 is 1.41 bits per heavy atom. The summed E-state index contributed by atoms with van der Waals surface area (Å²) in [5.41, 5.74) is 4.03. The van der Waals surface area contributed by atoms with Gasteiger partial charge in [0.2, 0.25) is 5.91 Å². The van der Waals surface area contributed by atoms with Crippen LogP contribution in [0.4, 0.5) is 0 Å². The Labute approximate surface area is 159 Å². The lowest BCUT2D eigenvalue weighted by Crippen LogP contribution is -2.24. The van der Waals surface area contributed by atoms with Crippen LogP contribution in [0.2, 0.25) is 0 Å². The number of allylic oxidation sites excluding steroid dienone is 4. The number of carbonyl (C=O) groups excluding carboxylic acids is 1. The summed E-state index contributed by atoms with van der Waals surface area (Å²) in [4.78, 5) is 16.5. The van der Waals surface area contributed by atoms with Crippen molar-refractivity contribution in [1.82, 2.24) is 20.1 Å². The summed E-state index contributed by atoms with van der Waals surface area (Å²) in [7, 11) is 1.88. The molecule has 5 heteroatoms. The number of nitrogens with one attached hydrogen (secondary N) is 1. The topological polar surface area (TPSA) is 59.8 Å². The Morgan fingerprint density at radius 2 is 2.26 bits per heavy atom. The second-order valence-corrected chi connectivity index (χ2v) is 6.55. The molecule has 0 saturated heterocycles. The van der Waals surface area contributed by atoms with Crippen molar-refractivity contribution in [2.45, 2.75) is 19.4 Å². The summed E-state index contributed by atoms with van der Waals surface area (Å²) in [6.07, 6.45) is 19.4. The van der Waals surface area contributed by atoms with Crippen molar-refractivity contribution in [2.24, 2.45) is 13.0 Å². The predicted octanol–water partition coefficient (Wildman–Crippen LogP) is 3.69. The van der Waals surface area contributed by atoms with Gasteiger partial charge in [-0.15, -0.1) is 0 Å². The number of aromatic nitrogens is 3. The molecule has 2 aromatic heterocycles. The quantitative estimate of drug-likeness (QED) is 0.605. The minimum absolute atomic E-state index is 0.0991. The zero-order valence-corrected chi connectivity index (χ0v) is 15.7. The summed E-state index contributed by atoms with van der Waals surface area (Å²) in [6.45, 7) is 5.84. The van der Waals surface area contributed by atoms with Crippen LogP contribution in [0, 0.1) is 5.92 Å². The molecule has 2 atom stereocenters. The predicted molar refractivity (Wildman–Crippen MR) is 109 cm³/mol. The molecule has 0 radical (unpaired) electrons. The van der Waals surface area contributed by atoms with Crippen LogP contribution in [-0.2, 0) is 11.8 Å². The summed E-state index contributed by atoms with van der Waals surface area (Å²) >= 11 is 0. The van der Waals surface area contributed by atoms with Crippen molar-refractivity contribution in [3.8, 4) is 11.1 Å². The van der Waals surface area contributed by atoms with Gasteiger partial charge in [0.05, 0.1) is 6.20 Å². The van der Waals surface area contributed by atoms with E-state index in [0.29, 0.717) is 5.92 Å². The number of carbonyl (C=O) groups is 1. The Balaban J connectivity index is 1.64. The molecule has 0 aromatic carbocycles. The summed E-state index contributed by atoms with van der Waals surface area (Å²) in [6, 6.07) is 2.09. The molecule has 1 aliphatic carbocycles. The molecule has 2 aromatic rings. The van der Waals surface area contributed by atoms with Gasteiger partial charge in [0.1, 0.15) is 0 Å². The van der Waals surface area contributed by atoms with Gasteiger partial charge in [-0.25, -0.2) is 0 Å². The van der Waals surface area contributed by atoms with E-state index in [1.54, 1.807) is 35.4 Å². The van der Waals surface area contributed by atoms with Crippen LogP contribution in [0.15, 0.2) is 73.4 Å². The number of pyridine rings is 1. The third kappa shape index (κ3) is 4.70. The molecule has 27 heavy (non-hydrogen) atoms. The highest BCUT2D eigenvalue weighted by Crippen LogP contribution is 2.37. The first kappa shape index (κ1) is 18.6. The van der Waals surface area contributed by atoms with Crippen molar-refractivity contribution in [1.29, 1.82) is 0 Å². The molecule has 1 fully saturated rings. The first-order valence-electron chi connectivity index (χ1n) is 8.99. The van der Waals surface area contributed by atoms with Gasteiger partial charge in [0, 0.05) is 54.8 Å². The van der Waals surface area contributed by atoms with E-state index in [9.17, 15) is 4.79 Å². The monoisotopic (exact) mass is 360 g/mol. The number of aryl methyl sites for hydroxylation is 1. The Morgan fingerprint density at radius 3 is 2.96 bits per heavy atom. The van der Waals surface area contributed by atoms with E-state index in [-0.39, 0.29) is 11.9 Å². The van der Waals surface area contributed by atoms with E-state index in [1.165, 1.54) is 0 Å². The fourth-order valence-corrected chi connectivity index (χ4v) is 3.03. The van der Waals surface area contributed by atoms with E-state index in [1.807, 2.05) is 44.5 Å². The van der Waals surface area contributed by atoms with Gasteiger partial charge in [-0.3, -0.25) is 14.5 Å². The van der Waals surface area contributed by atoms with Gasteiger partial charge in [0.25, 0.3) is 0 Å². The molecule has 1 amide bonds. The highest BCUT2D eigenvalue weighted by Gasteiger charge is 2.39. The van der Waals surface area contributed by atoms with Crippen molar-refractivity contribution in [3.63, 3.8) is 0 Å². The average Bonchev–Trinajstić information content (AvgIpc) is 3.28. The lowest BCUT2D eigenvalue weighted by Gasteiger charge is -2.04. The first-order chi connectivity index (χ1) is 13.1. The average molecular weight is 360 g/mol. The van der Waals surface area contributed by atoms with Gasteiger partial charge in [-0.1, -0.05) is 30.9 Å². The van der Waals surface area contributed by atoms with Crippen molar-refractivity contribution in [3.05, 3.63) is 78.9 Å². The van der Waals surface area contributed by atoms with Crippen LogP contribution < -0.4 is 5.32 Å². The standard InChI is InChI=1S/C22H24N4O/c1-4-6-7-16(5-2)20-12-21(20)25-22(27)9-8-17-13-23-11-10-19(17)18-14-24-26(3)15-18/h4-11,13-15,20-21H,2,12H2,1,3H3,(H,25,27)/b6-4-,9-8+,16-7+/t20-,21?/m1/s1. The van der Waals surface area contributed by atoms with Gasteiger partial charge in [0.15, 0.2) is 0 Å². The van der Waals surface area contributed by atoms with Crippen LogP contribution in [0.3, 0.4) is 0 Å². The molecule has 138 valence electrons. The number of rotatable bonds is 7. The number of amides is 1. The van der Waals surface area contributed by atoms with Gasteiger partial charge < -0.3 is 5.32 Å². The molecule has 0 aliphatic heterocycles. The molecule has 1 aliphatic rings. The zero-order chi connectivity index (χ0) is 19.2. The van der Waals surface area contributed by atoms with Crippen molar-refractivity contribution in [2.75, 3.05) is 0 Å². The van der Waals surface area contributed by atoms with E-state index in [0.717, 1.165) is 28.7 Å². The van der Waals surface area contributed by atoms with Crippen molar-refractivity contribution < 1.29 is 4.79 Å². The fraction of sp³-hybridized carbons (Fsp3) is 0.227. The molecule has 0 spiro atoms. The number of hydrogen-bond acceptors (Lipinski definition) is 3. The molecule has 2 heterocycles. The Hall–Kier alpha value is -3.21. The van der Waals surface area contributed by atoms with Crippen LogP contribution in [0.25, 0.3) is 17.2 Å². The highest BCUT2D eigenvalue weighted by atomic mass is 16.1. The lowest BCUT2D eigenvalue weighted by molar-refractivity contribution is -0.116. The number of hydrogen-bond donors (Lipinski definition) is 1. The third-order valence-corrected chi connectivity index (χ3v) is 4.55. The molecule has 1 saturated carbocycles. The molecule has 1 N–H and O–H groups in total. The van der Waals surface area contributed by atoms with E-state index >= 15 is 0 Å². The molecule has 5 nitrogen and oxygen atoms in total. The Kier molecular flexibility index (Phi) is 5.81. The molecular formula is C22H24N4O. The third-order valence-electron chi connectivity index (χ3n) is 4.55. The summed E-state index contributed by atoms with van der Waals surface area (Å²) < 4.78 is 1.75. The fourth-order valence-electron chi connectivity index (χ4n) is 3.03. The van der Waals surface area contributed by atoms with Gasteiger partial charge >= 0.3 is 0 Å². The van der Waals surface area contributed by atoms with Crippen LogP contribution in [-0.4, -0.2) is 26.7 Å². The normalized spacial score (nSPS) is 19.6. The Bertz CT molecular complexity index is 920. The van der Waals surface area contributed by atoms with E-state index in [4.69, 9.17) is 0 Å². The van der Waals surface area contributed by atoms with E-state index in [2.05, 4.69) is 28.1 Å². The maximum atomic E-state index is 12.3. The van der Waals surface area contributed by atoms with E-state index < -0.39 is 0 Å². The minimum atomic E-state index is -0.0991. The lowest BCUT2D eigenvalue weighted by atomic mass is 10.0. The molecule has 1 unspecified atom stereocenters. The highest BCUT2D eigenvalue weighted by molar-refractivity contribution is 5.93. The van der Waals surface area contributed by atoms with Crippen LogP contribution in [0.5, 0.6) is 0 Å². The van der Waals surface area contributed by atoms with Crippen LogP contribution in [0.1, 0.15) is 18.9 Å². The summed E-state index contributed by atoms with van der Waals surface area (Å²) in [5.74, 6) is 0.248. The smallest absolute Gasteiger partial charge is 0.244 e. The summed E-state index contributed by atoms with van der Waals surface area (Å²) in [5, 5.41) is 7.26. The first-order valence-corrected chi connectivity index (χ1v) is 8.99. The second-order valence-electron chi connectivity index (χ2n) is 6.55. The molecule has 3 rings (SSSR count). The minimum Gasteiger partial charge on any atom is -0.349 e. The zero-order valence-electron chi connectivity index (χ0n) is 15.7. The second kappa shape index (κ2) is 8.45. The maximum Gasteiger partial charge on any atom is 0.244 e. The van der Waals surface area contributed by atoms with Crippen LogP contribution >= 0.6 is 0 Å². The number of nitrogens with zero attached hydrogens (tertiary/aromatic N) is 3. The van der Waals surface area contributed by atoms with Gasteiger partial charge in [-0.2, -0.15) is 5.10 Å².